The Morgan fingerprint density at radius 3 is 2.64 bits per heavy atom. The summed E-state index contributed by atoms with van der Waals surface area (Å²) in [6, 6.07) is 6.17. The van der Waals surface area contributed by atoms with E-state index < -0.39 is 0 Å². The summed E-state index contributed by atoms with van der Waals surface area (Å²) in [4.78, 5) is 0. The van der Waals surface area contributed by atoms with Gasteiger partial charge in [0.1, 0.15) is 5.75 Å². The van der Waals surface area contributed by atoms with Gasteiger partial charge in [0.25, 0.3) is 0 Å². The number of ether oxygens (including phenoxy) is 1. The third-order valence-electron chi connectivity index (χ3n) is 2.08. The Bertz CT molecular complexity index is 294. The molecular weight excluding hydrogens is 174 g/mol. The second kappa shape index (κ2) is 5.01. The fourth-order valence-electron chi connectivity index (χ4n) is 1.44. The molecule has 0 atom stereocenters. The summed E-state index contributed by atoms with van der Waals surface area (Å²) in [5.41, 5.74) is 2.53. The highest BCUT2D eigenvalue weighted by atomic mass is 16.5. The molecule has 0 unspecified atom stereocenters. The number of hydrogen-bond donors (Lipinski definition) is 1. The number of nitrogens with one attached hydrogen (secondary N) is 1. The molecule has 0 aliphatic heterocycles. The van der Waals surface area contributed by atoms with Crippen molar-refractivity contribution in [3.05, 3.63) is 29.3 Å². The zero-order valence-electron chi connectivity index (χ0n) is 9.42. The first-order valence-electron chi connectivity index (χ1n) is 5.05. The van der Waals surface area contributed by atoms with Crippen molar-refractivity contribution in [3.63, 3.8) is 0 Å². The SMILES string of the molecule is CNCc1c(C)cccc1OC(C)C. The van der Waals surface area contributed by atoms with Crippen LogP contribution in [0.5, 0.6) is 5.75 Å². The number of hydrogen-bond acceptors (Lipinski definition) is 2. The maximum atomic E-state index is 5.74. The monoisotopic (exact) mass is 193 g/mol. The van der Waals surface area contributed by atoms with E-state index in [1.165, 1.54) is 11.1 Å². The molecule has 1 aromatic carbocycles. The largest absolute Gasteiger partial charge is 0.491 e. The van der Waals surface area contributed by atoms with Crippen molar-refractivity contribution in [3.8, 4) is 5.75 Å². The molecule has 1 rings (SSSR count). The summed E-state index contributed by atoms with van der Waals surface area (Å²) in [7, 11) is 1.95. The molecule has 0 amide bonds. The molecule has 0 radical (unpaired) electrons. The van der Waals surface area contributed by atoms with Gasteiger partial charge < -0.3 is 10.1 Å². The van der Waals surface area contributed by atoms with Crippen LogP contribution >= 0.6 is 0 Å². The summed E-state index contributed by atoms with van der Waals surface area (Å²) in [6.45, 7) is 7.06. The van der Waals surface area contributed by atoms with E-state index >= 15 is 0 Å². The van der Waals surface area contributed by atoms with Gasteiger partial charge in [-0.3, -0.25) is 0 Å². The van der Waals surface area contributed by atoms with Crippen LogP contribution < -0.4 is 10.1 Å². The van der Waals surface area contributed by atoms with Crippen LogP contribution in [-0.4, -0.2) is 13.2 Å². The van der Waals surface area contributed by atoms with Crippen LogP contribution in [0.1, 0.15) is 25.0 Å². The molecule has 0 saturated heterocycles. The second-order valence-corrected chi connectivity index (χ2v) is 3.75. The van der Waals surface area contributed by atoms with E-state index in [1.807, 2.05) is 33.0 Å². The van der Waals surface area contributed by atoms with Gasteiger partial charge in [-0.2, -0.15) is 0 Å². The minimum atomic E-state index is 0.229. The van der Waals surface area contributed by atoms with E-state index in [-0.39, 0.29) is 6.10 Å². The molecule has 0 spiro atoms. The number of aryl methyl sites for hydroxylation is 1. The predicted octanol–water partition coefficient (Wildman–Crippen LogP) is 2.50. The molecular formula is C12H19NO. The van der Waals surface area contributed by atoms with Crippen molar-refractivity contribution >= 4 is 0 Å². The van der Waals surface area contributed by atoms with Gasteiger partial charge in [0.05, 0.1) is 6.10 Å². The predicted molar refractivity (Wildman–Crippen MR) is 59.7 cm³/mol. The van der Waals surface area contributed by atoms with Crippen molar-refractivity contribution < 1.29 is 4.74 Å². The van der Waals surface area contributed by atoms with Gasteiger partial charge in [-0.25, -0.2) is 0 Å². The Labute approximate surface area is 86.3 Å². The minimum Gasteiger partial charge on any atom is -0.491 e. The van der Waals surface area contributed by atoms with Crippen molar-refractivity contribution in [2.45, 2.75) is 33.4 Å². The Morgan fingerprint density at radius 2 is 2.07 bits per heavy atom. The van der Waals surface area contributed by atoms with Crippen molar-refractivity contribution in [2.24, 2.45) is 0 Å². The zero-order valence-corrected chi connectivity index (χ0v) is 9.42. The van der Waals surface area contributed by atoms with Crippen LogP contribution in [-0.2, 0) is 6.54 Å². The van der Waals surface area contributed by atoms with E-state index in [0.717, 1.165) is 12.3 Å². The summed E-state index contributed by atoms with van der Waals surface area (Å²) in [5, 5.41) is 3.16. The first-order valence-corrected chi connectivity index (χ1v) is 5.05. The first-order chi connectivity index (χ1) is 6.65. The molecule has 2 heteroatoms. The minimum absolute atomic E-state index is 0.229. The summed E-state index contributed by atoms with van der Waals surface area (Å²) >= 11 is 0. The lowest BCUT2D eigenvalue weighted by Gasteiger charge is -2.15. The lowest BCUT2D eigenvalue weighted by Crippen LogP contribution is -2.12. The van der Waals surface area contributed by atoms with Gasteiger partial charge in [0, 0.05) is 12.1 Å². The molecule has 0 aromatic heterocycles. The topological polar surface area (TPSA) is 21.3 Å². The first kappa shape index (κ1) is 11.1. The quantitative estimate of drug-likeness (QED) is 0.793. The molecule has 0 heterocycles. The maximum Gasteiger partial charge on any atom is 0.124 e. The fourth-order valence-corrected chi connectivity index (χ4v) is 1.44. The summed E-state index contributed by atoms with van der Waals surface area (Å²) in [6.07, 6.45) is 0.229. The second-order valence-electron chi connectivity index (χ2n) is 3.75. The Balaban J connectivity index is 2.95. The highest BCUT2D eigenvalue weighted by molar-refractivity contribution is 5.39. The van der Waals surface area contributed by atoms with Gasteiger partial charge in [0.2, 0.25) is 0 Å². The van der Waals surface area contributed by atoms with Crippen molar-refractivity contribution in [1.82, 2.24) is 5.32 Å². The van der Waals surface area contributed by atoms with E-state index in [1.54, 1.807) is 0 Å². The van der Waals surface area contributed by atoms with Crippen LogP contribution in [0.25, 0.3) is 0 Å². The average molecular weight is 193 g/mol. The molecule has 0 fully saturated rings. The van der Waals surface area contributed by atoms with E-state index in [0.29, 0.717) is 0 Å². The van der Waals surface area contributed by atoms with Crippen molar-refractivity contribution in [1.29, 1.82) is 0 Å². The van der Waals surface area contributed by atoms with Gasteiger partial charge in [-0.1, -0.05) is 12.1 Å². The molecule has 0 aliphatic carbocycles. The van der Waals surface area contributed by atoms with Crippen LogP contribution in [0.15, 0.2) is 18.2 Å². The van der Waals surface area contributed by atoms with Crippen LogP contribution in [0.3, 0.4) is 0 Å². The normalized spacial score (nSPS) is 10.6. The lowest BCUT2D eigenvalue weighted by molar-refractivity contribution is 0.239. The molecule has 0 aliphatic rings. The van der Waals surface area contributed by atoms with Gasteiger partial charge >= 0.3 is 0 Å². The zero-order chi connectivity index (χ0) is 10.6. The molecule has 0 bridgehead atoms. The third-order valence-corrected chi connectivity index (χ3v) is 2.08. The Morgan fingerprint density at radius 1 is 1.36 bits per heavy atom. The lowest BCUT2D eigenvalue weighted by atomic mass is 10.1. The highest BCUT2D eigenvalue weighted by Gasteiger charge is 2.06. The van der Waals surface area contributed by atoms with E-state index in [2.05, 4.69) is 18.3 Å². The Hall–Kier alpha value is -1.02. The van der Waals surface area contributed by atoms with Crippen LogP contribution in [0.2, 0.25) is 0 Å². The van der Waals surface area contributed by atoms with Gasteiger partial charge in [-0.05, 0) is 39.4 Å². The maximum absolute atomic E-state index is 5.74. The number of rotatable bonds is 4. The van der Waals surface area contributed by atoms with E-state index in [4.69, 9.17) is 4.74 Å². The molecule has 78 valence electrons. The van der Waals surface area contributed by atoms with Crippen LogP contribution in [0, 0.1) is 6.92 Å². The molecule has 1 aromatic rings. The molecule has 1 N–H and O–H groups in total. The third kappa shape index (κ3) is 2.74. The van der Waals surface area contributed by atoms with Crippen LogP contribution in [0.4, 0.5) is 0 Å². The Kier molecular flexibility index (Phi) is 3.96. The van der Waals surface area contributed by atoms with Crippen molar-refractivity contribution in [2.75, 3.05) is 7.05 Å². The number of benzene rings is 1. The summed E-state index contributed by atoms with van der Waals surface area (Å²) < 4.78 is 5.74. The smallest absolute Gasteiger partial charge is 0.124 e. The van der Waals surface area contributed by atoms with Gasteiger partial charge in [0.15, 0.2) is 0 Å². The molecule has 2 nitrogen and oxygen atoms in total. The summed E-state index contributed by atoms with van der Waals surface area (Å²) in [5.74, 6) is 0.995. The highest BCUT2D eigenvalue weighted by Crippen LogP contribution is 2.22. The average Bonchev–Trinajstić information content (AvgIpc) is 2.10. The fraction of sp³-hybridized carbons (Fsp3) is 0.500. The van der Waals surface area contributed by atoms with E-state index in [9.17, 15) is 0 Å². The van der Waals surface area contributed by atoms with Gasteiger partial charge in [-0.15, -0.1) is 0 Å². The standard InChI is InChI=1S/C12H19NO/c1-9(2)14-12-7-5-6-10(3)11(12)8-13-4/h5-7,9,13H,8H2,1-4H3. The molecule has 14 heavy (non-hydrogen) atoms. The molecule has 0 saturated carbocycles.